The first-order valence-corrected chi connectivity index (χ1v) is 10.1. The fourth-order valence-corrected chi connectivity index (χ4v) is 3.58. The summed E-state index contributed by atoms with van der Waals surface area (Å²) in [6.45, 7) is 1.18. The summed E-state index contributed by atoms with van der Waals surface area (Å²) in [4.78, 5) is 27.4. The van der Waals surface area contributed by atoms with E-state index in [1.165, 1.54) is 0 Å². The van der Waals surface area contributed by atoms with E-state index in [2.05, 4.69) is 5.32 Å². The second kappa shape index (κ2) is 8.66. The molecule has 1 unspecified atom stereocenters. The predicted octanol–water partition coefficient (Wildman–Crippen LogP) is 3.62. The minimum atomic E-state index is -0.396. The molecule has 29 heavy (non-hydrogen) atoms. The van der Waals surface area contributed by atoms with Gasteiger partial charge < -0.3 is 19.7 Å². The molecule has 0 bridgehead atoms. The Morgan fingerprint density at radius 1 is 1.14 bits per heavy atom. The van der Waals surface area contributed by atoms with E-state index in [1.54, 1.807) is 31.4 Å². The molecule has 4 rings (SSSR count). The fourth-order valence-electron chi connectivity index (χ4n) is 3.58. The Kier molecular flexibility index (Phi) is 5.81. The standard InChI is InChI=1S/C23H26N2O4/c1-28-20-11-7-16(8-12-20)15-25(19-9-10-19)23(27)17-4-2-5-18(14-17)24-22(26)21-6-3-13-29-21/h2,4-5,7-8,11-12,14,19,21H,3,6,9-10,13,15H2,1H3,(H,24,26). The number of hydrogen-bond donors (Lipinski definition) is 1. The molecule has 1 saturated heterocycles. The molecule has 1 saturated carbocycles. The average molecular weight is 394 g/mol. The summed E-state index contributed by atoms with van der Waals surface area (Å²) in [6, 6.07) is 15.2. The van der Waals surface area contributed by atoms with Crippen molar-refractivity contribution in [1.82, 2.24) is 4.90 Å². The summed E-state index contributed by atoms with van der Waals surface area (Å²) < 4.78 is 10.6. The highest BCUT2D eigenvalue weighted by Crippen LogP contribution is 2.30. The summed E-state index contributed by atoms with van der Waals surface area (Å²) in [6.07, 6.45) is 3.29. The third-order valence-corrected chi connectivity index (χ3v) is 5.36. The number of ether oxygens (including phenoxy) is 2. The Morgan fingerprint density at radius 3 is 2.59 bits per heavy atom. The Balaban J connectivity index is 1.46. The van der Waals surface area contributed by atoms with Crippen molar-refractivity contribution in [2.45, 2.75) is 44.4 Å². The zero-order valence-electron chi connectivity index (χ0n) is 16.6. The Morgan fingerprint density at radius 2 is 1.93 bits per heavy atom. The van der Waals surface area contributed by atoms with Gasteiger partial charge in [-0.25, -0.2) is 0 Å². The molecule has 2 aromatic rings. The van der Waals surface area contributed by atoms with Crippen LogP contribution in [0.25, 0.3) is 0 Å². The largest absolute Gasteiger partial charge is 0.497 e. The van der Waals surface area contributed by atoms with Crippen LogP contribution in [0.1, 0.15) is 41.6 Å². The second-order valence-corrected chi connectivity index (χ2v) is 7.58. The van der Waals surface area contributed by atoms with Crippen LogP contribution < -0.4 is 10.1 Å². The topological polar surface area (TPSA) is 67.9 Å². The lowest BCUT2D eigenvalue weighted by Crippen LogP contribution is -2.32. The Bertz CT molecular complexity index is 871. The first-order chi connectivity index (χ1) is 14.1. The third-order valence-electron chi connectivity index (χ3n) is 5.36. The lowest BCUT2D eigenvalue weighted by molar-refractivity contribution is -0.124. The van der Waals surface area contributed by atoms with Crippen molar-refractivity contribution in [2.75, 3.05) is 19.0 Å². The molecule has 0 spiro atoms. The van der Waals surface area contributed by atoms with Crippen molar-refractivity contribution >= 4 is 17.5 Å². The molecule has 1 atom stereocenters. The maximum atomic E-state index is 13.2. The highest BCUT2D eigenvalue weighted by molar-refractivity contribution is 5.98. The van der Waals surface area contributed by atoms with Crippen LogP contribution in [-0.2, 0) is 16.1 Å². The smallest absolute Gasteiger partial charge is 0.254 e. The monoisotopic (exact) mass is 394 g/mol. The summed E-state index contributed by atoms with van der Waals surface area (Å²) in [7, 11) is 1.64. The summed E-state index contributed by atoms with van der Waals surface area (Å²) in [5.41, 5.74) is 2.26. The number of nitrogens with one attached hydrogen (secondary N) is 1. The van der Waals surface area contributed by atoms with Crippen molar-refractivity contribution in [1.29, 1.82) is 0 Å². The molecule has 1 heterocycles. The highest BCUT2D eigenvalue weighted by atomic mass is 16.5. The van der Waals surface area contributed by atoms with Crippen LogP contribution in [0, 0.1) is 0 Å². The van der Waals surface area contributed by atoms with Crippen LogP contribution in [0.3, 0.4) is 0 Å². The van der Waals surface area contributed by atoms with E-state index in [4.69, 9.17) is 9.47 Å². The molecule has 1 N–H and O–H groups in total. The third kappa shape index (κ3) is 4.77. The Hall–Kier alpha value is -2.86. The SMILES string of the molecule is COc1ccc(CN(C(=O)c2cccc(NC(=O)C3CCCO3)c2)C2CC2)cc1. The van der Waals surface area contributed by atoms with E-state index < -0.39 is 6.10 Å². The van der Waals surface area contributed by atoms with Gasteiger partial charge in [0, 0.05) is 30.4 Å². The van der Waals surface area contributed by atoms with Crippen LogP contribution in [-0.4, -0.2) is 42.6 Å². The molecule has 2 aromatic carbocycles. The van der Waals surface area contributed by atoms with Gasteiger partial charge in [-0.15, -0.1) is 0 Å². The van der Waals surface area contributed by atoms with Crippen molar-refractivity contribution in [3.63, 3.8) is 0 Å². The van der Waals surface area contributed by atoms with Gasteiger partial charge in [0.15, 0.2) is 0 Å². The van der Waals surface area contributed by atoms with E-state index in [0.717, 1.165) is 37.0 Å². The van der Waals surface area contributed by atoms with Gasteiger partial charge in [-0.05, 0) is 61.6 Å². The second-order valence-electron chi connectivity index (χ2n) is 7.58. The molecule has 0 aromatic heterocycles. The van der Waals surface area contributed by atoms with Crippen LogP contribution in [0.5, 0.6) is 5.75 Å². The van der Waals surface area contributed by atoms with Crippen LogP contribution in [0.2, 0.25) is 0 Å². The number of hydrogen-bond acceptors (Lipinski definition) is 4. The number of anilines is 1. The molecular weight excluding hydrogens is 368 g/mol. The van der Waals surface area contributed by atoms with Crippen molar-refractivity contribution < 1.29 is 19.1 Å². The van der Waals surface area contributed by atoms with Crippen molar-refractivity contribution in [3.8, 4) is 5.75 Å². The van der Waals surface area contributed by atoms with Gasteiger partial charge in [-0.1, -0.05) is 18.2 Å². The lowest BCUT2D eigenvalue weighted by Gasteiger charge is -2.23. The molecule has 0 radical (unpaired) electrons. The Labute approximate surface area is 170 Å². The van der Waals surface area contributed by atoms with Gasteiger partial charge in [0.05, 0.1) is 7.11 Å². The molecule has 6 nitrogen and oxygen atoms in total. The van der Waals surface area contributed by atoms with E-state index in [9.17, 15) is 9.59 Å². The quantitative estimate of drug-likeness (QED) is 0.779. The number of carbonyl (C=O) groups excluding carboxylic acids is 2. The van der Waals surface area contributed by atoms with E-state index >= 15 is 0 Å². The molecule has 152 valence electrons. The van der Waals surface area contributed by atoms with Crippen molar-refractivity contribution in [2.24, 2.45) is 0 Å². The first kappa shape index (κ1) is 19.5. The van der Waals surface area contributed by atoms with Crippen molar-refractivity contribution in [3.05, 3.63) is 59.7 Å². The first-order valence-electron chi connectivity index (χ1n) is 10.1. The number of amides is 2. The van der Waals surface area contributed by atoms with E-state index in [1.807, 2.05) is 29.2 Å². The summed E-state index contributed by atoms with van der Waals surface area (Å²) >= 11 is 0. The van der Waals surface area contributed by atoms with Crippen LogP contribution in [0.4, 0.5) is 5.69 Å². The van der Waals surface area contributed by atoms with Gasteiger partial charge in [-0.3, -0.25) is 9.59 Å². The van der Waals surface area contributed by atoms with Gasteiger partial charge in [-0.2, -0.15) is 0 Å². The molecule has 1 aliphatic carbocycles. The zero-order chi connectivity index (χ0) is 20.2. The van der Waals surface area contributed by atoms with Gasteiger partial charge in [0.2, 0.25) is 0 Å². The molecular formula is C23H26N2O4. The van der Waals surface area contributed by atoms with Crippen LogP contribution in [0.15, 0.2) is 48.5 Å². The van der Waals surface area contributed by atoms with Gasteiger partial charge in [0.1, 0.15) is 11.9 Å². The van der Waals surface area contributed by atoms with E-state index in [0.29, 0.717) is 24.4 Å². The van der Waals surface area contributed by atoms with E-state index in [-0.39, 0.29) is 17.9 Å². The highest BCUT2D eigenvalue weighted by Gasteiger charge is 2.33. The minimum Gasteiger partial charge on any atom is -0.497 e. The average Bonchev–Trinajstić information content (AvgIpc) is 3.44. The van der Waals surface area contributed by atoms with Crippen LogP contribution >= 0.6 is 0 Å². The minimum absolute atomic E-state index is 0.0171. The summed E-state index contributed by atoms with van der Waals surface area (Å²) in [5, 5.41) is 2.88. The summed E-state index contributed by atoms with van der Waals surface area (Å²) in [5.74, 6) is 0.633. The van der Waals surface area contributed by atoms with Gasteiger partial charge >= 0.3 is 0 Å². The maximum Gasteiger partial charge on any atom is 0.254 e. The predicted molar refractivity (Wildman–Crippen MR) is 110 cm³/mol. The normalized spacial score (nSPS) is 18.3. The maximum absolute atomic E-state index is 13.2. The van der Waals surface area contributed by atoms with Gasteiger partial charge in [0.25, 0.3) is 11.8 Å². The number of rotatable bonds is 7. The number of methoxy groups -OCH3 is 1. The molecule has 1 aliphatic heterocycles. The molecule has 2 aliphatic rings. The lowest BCUT2D eigenvalue weighted by atomic mass is 10.1. The number of benzene rings is 2. The molecule has 2 fully saturated rings. The zero-order valence-corrected chi connectivity index (χ0v) is 16.6. The molecule has 2 amide bonds. The number of nitrogens with zero attached hydrogens (tertiary/aromatic N) is 1. The molecule has 6 heteroatoms. The fraction of sp³-hybridized carbons (Fsp3) is 0.391. The number of carbonyl (C=O) groups is 2.